The second kappa shape index (κ2) is 24.3. The zero-order valence-electron chi connectivity index (χ0n) is 33.4. The van der Waals surface area contributed by atoms with E-state index in [2.05, 4.69) is 0 Å². The fourth-order valence-corrected chi connectivity index (χ4v) is 6.31. The van der Waals surface area contributed by atoms with Crippen LogP contribution in [-0.2, 0) is 43.3 Å². The van der Waals surface area contributed by atoms with Crippen LogP contribution in [0.1, 0.15) is 16.7 Å². The summed E-state index contributed by atoms with van der Waals surface area (Å²) in [6, 6.07) is 14.9. The van der Waals surface area contributed by atoms with E-state index < -0.39 is 11.6 Å². The van der Waals surface area contributed by atoms with E-state index in [4.69, 9.17) is 56.8 Å². The Hall–Kier alpha value is -3.87. The first kappa shape index (κ1) is 45.2. The molecule has 0 N–H and O–H groups in total. The van der Waals surface area contributed by atoms with Gasteiger partial charge in [0.2, 0.25) is 0 Å². The molecule has 13 nitrogen and oxygen atoms in total. The lowest BCUT2D eigenvalue weighted by molar-refractivity contribution is -0.166. The largest absolute Gasteiger partial charge is 0.487 e. The number of hydrogen-bond donors (Lipinski definition) is 0. The van der Waals surface area contributed by atoms with Crippen LogP contribution in [0.3, 0.4) is 0 Å². The van der Waals surface area contributed by atoms with Gasteiger partial charge in [-0.1, -0.05) is 24.3 Å². The smallest absolute Gasteiger partial charge is 0.406 e. The zero-order chi connectivity index (χ0) is 40.9. The van der Waals surface area contributed by atoms with Crippen LogP contribution in [0.2, 0.25) is 0 Å². The molecule has 0 atom stereocenters. The lowest BCUT2D eigenvalue weighted by atomic mass is 9.68. The topological polar surface area (TPSA) is 114 Å². The molecule has 0 spiro atoms. The van der Waals surface area contributed by atoms with Crippen LogP contribution >= 0.6 is 0 Å². The van der Waals surface area contributed by atoms with Crippen molar-refractivity contribution in [3.8, 4) is 23.0 Å². The van der Waals surface area contributed by atoms with Gasteiger partial charge in [-0.3, -0.25) is 0 Å². The van der Waals surface area contributed by atoms with Crippen molar-refractivity contribution < 1.29 is 70.0 Å². The van der Waals surface area contributed by atoms with Gasteiger partial charge in [-0.2, -0.15) is 13.2 Å². The van der Waals surface area contributed by atoms with E-state index in [9.17, 15) is 0 Å². The Morgan fingerprint density at radius 3 is 0.931 bits per heavy atom. The number of nitrogens with zero attached hydrogens (tertiary/aromatic N) is 1. The fraction of sp³-hybridized carbons (Fsp3) is 0.571. The van der Waals surface area contributed by atoms with Crippen LogP contribution in [0.4, 0.5) is 18.9 Å². The fourth-order valence-electron chi connectivity index (χ4n) is 6.31. The zero-order valence-corrected chi connectivity index (χ0v) is 33.4. The molecular weight excluding hydrogens is 767 g/mol. The van der Waals surface area contributed by atoms with Gasteiger partial charge in [0.15, 0.2) is 23.0 Å². The molecule has 16 heteroatoms. The number of rotatable bonds is 4. The van der Waals surface area contributed by atoms with Crippen LogP contribution in [0, 0.1) is 0 Å². The standard InChI is InChI=1S/C42H56F3NO12/c1-46(2)36-7-3-33(4-8-36)41(42(43,44)45,34-5-9-37-39(31-34)57-29-25-53-21-17-49-13-11-47-15-19-51-23-27-55-37)35-6-10-38-40(32-35)58-30-26-54-22-18-50-14-12-48-16-20-52-24-28-56-38/h3-10,31-32H,11-30H2,1-2H3. The van der Waals surface area contributed by atoms with Crippen molar-refractivity contribution in [2.24, 2.45) is 0 Å². The average Bonchev–Trinajstić information content (AvgIpc) is 3.21. The maximum absolute atomic E-state index is 16.4. The minimum atomic E-state index is -4.89. The second-order valence-corrected chi connectivity index (χ2v) is 13.3. The maximum atomic E-state index is 16.4. The summed E-state index contributed by atoms with van der Waals surface area (Å²) in [5, 5.41) is 0. The summed E-state index contributed by atoms with van der Waals surface area (Å²) in [5.74, 6) is 0.737. The van der Waals surface area contributed by atoms with E-state index in [-0.39, 0.29) is 92.5 Å². The normalized spacial score (nSPS) is 18.8. The molecule has 0 bridgehead atoms. The molecular formula is C42H56F3NO12. The van der Waals surface area contributed by atoms with Gasteiger partial charge < -0.3 is 61.7 Å². The first-order valence-corrected chi connectivity index (χ1v) is 19.6. The molecule has 322 valence electrons. The number of hydrogen-bond acceptors (Lipinski definition) is 13. The highest BCUT2D eigenvalue weighted by molar-refractivity contribution is 5.60. The third-order valence-corrected chi connectivity index (χ3v) is 9.17. The van der Waals surface area contributed by atoms with E-state index >= 15 is 13.2 Å². The van der Waals surface area contributed by atoms with Crippen molar-refractivity contribution in [1.82, 2.24) is 0 Å². The maximum Gasteiger partial charge on any atom is 0.406 e. The molecule has 3 aromatic rings. The van der Waals surface area contributed by atoms with E-state index in [1.807, 2.05) is 19.0 Å². The number of halogens is 3. The number of anilines is 1. The summed E-state index contributed by atoms with van der Waals surface area (Å²) in [6.07, 6.45) is -4.89. The van der Waals surface area contributed by atoms with Crippen molar-refractivity contribution in [2.45, 2.75) is 11.6 Å². The Bertz CT molecular complexity index is 1530. The van der Waals surface area contributed by atoms with Gasteiger partial charge >= 0.3 is 6.18 Å². The monoisotopic (exact) mass is 823 g/mol. The summed E-state index contributed by atoms with van der Waals surface area (Å²) in [5.41, 5.74) is -2.23. The van der Waals surface area contributed by atoms with Crippen LogP contribution in [0.25, 0.3) is 0 Å². The van der Waals surface area contributed by atoms with Crippen molar-refractivity contribution in [1.29, 1.82) is 0 Å². The Kier molecular flexibility index (Phi) is 18.9. The summed E-state index contributed by atoms with van der Waals surface area (Å²) in [7, 11) is 3.65. The van der Waals surface area contributed by atoms with Gasteiger partial charge in [0.25, 0.3) is 0 Å². The molecule has 0 unspecified atom stereocenters. The summed E-state index contributed by atoms with van der Waals surface area (Å²) in [6.45, 7) is 5.60. The molecule has 0 saturated heterocycles. The van der Waals surface area contributed by atoms with Crippen molar-refractivity contribution >= 4 is 5.69 Å². The number of alkyl halides is 3. The van der Waals surface area contributed by atoms with Crippen LogP contribution in [-0.4, -0.2) is 152 Å². The third-order valence-electron chi connectivity index (χ3n) is 9.17. The number of benzene rings is 3. The molecule has 2 aliphatic rings. The van der Waals surface area contributed by atoms with Crippen LogP contribution < -0.4 is 23.8 Å². The predicted molar refractivity (Wildman–Crippen MR) is 208 cm³/mol. The molecule has 2 aliphatic heterocycles. The molecule has 0 amide bonds. The van der Waals surface area contributed by atoms with Gasteiger partial charge in [0.1, 0.15) is 31.8 Å². The van der Waals surface area contributed by atoms with Crippen molar-refractivity contribution in [3.05, 3.63) is 77.4 Å². The highest BCUT2D eigenvalue weighted by Gasteiger charge is 2.59. The quantitative estimate of drug-likeness (QED) is 0.317. The van der Waals surface area contributed by atoms with Crippen molar-refractivity contribution in [3.63, 3.8) is 0 Å². The summed E-state index contributed by atoms with van der Waals surface area (Å²) in [4.78, 5) is 1.82. The van der Waals surface area contributed by atoms with E-state index in [0.29, 0.717) is 79.3 Å². The molecule has 0 aromatic heterocycles. The lowest BCUT2D eigenvalue weighted by Gasteiger charge is -2.38. The molecule has 58 heavy (non-hydrogen) atoms. The van der Waals surface area contributed by atoms with Crippen LogP contribution in [0.5, 0.6) is 23.0 Å². The van der Waals surface area contributed by atoms with Gasteiger partial charge in [0, 0.05) is 19.8 Å². The molecule has 2 heterocycles. The molecule has 0 radical (unpaired) electrons. The minimum absolute atomic E-state index is 0.0226. The van der Waals surface area contributed by atoms with E-state index in [1.54, 1.807) is 12.1 Å². The van der Waals surface area contributed by atoms with E-state index in [1.165, 1.54) is 48.5 Å². The molecule has 3 aromatic carbocycles. The molecule has 5 rings (SSSR count). The SMILES string of the molecule is CN(C)c1ccc(C(c2ccc3c(c2)OCCOCCOCCOCCOCCO3)(c2ccc3c(c2)OCCOCCOCCOCCOCCO3)C(F)(F)F)cc1. The van der Waals surface area contributed by atoms with Crippen LogP contribution in [0.15, 0.2) is 60.7 Å². The van der Waals surface area contributed by atoms with E-state index in [0.717, 1.165) is 5.69 Å². The summed E-state index contributed by atoms with van der Waals surface area (Å²) < 4.78 is 118. The number of fused-ring (bicyclic) bond motifs is 2. The Morgan fingerprint density at radius 1 is 0.362 bits per heavy atom. The molecule has 0 saturated carbocycles. The predicted octanol–water partition coefficient (Wildman–Crippen LogP) is 5.32. The first-order chi connectivity index (χ1) is 28.3. The number of ether oxygens (including phenoxy) is 12. The van der Waals surface area contributed by atoms with Gasteiger partial charge in [-0.25, -0.2) is 0 Å². The molecule has 0 aliphatic carbocycles. The second-order valence-electron chi connectivity index (χ2n) is 13.3. The molecule has 0 fully saturated rings. The highest BCUT2D eigenvalue weighted by Crippen LogP contribution is 2.54. The lowest BCUT2D eigenvalue weighted by Crippen LogP contribution is -2.44. The van der Waals surface area contributed by atoms with Gasteiger partial charge in [0.05, 0.1) is 106 Å². The third kappa shape index (κ3) is 13.3. The van der Waals surface area contributed by atoms with Crippen molar-refractivity contribution in [2.75, 3.05) is 151 Å². The Labute approximate surface area is 338 Å². The summed E-state index contributed by atoms with van der Waals surface area (Å²) >= 11 is 0. The first-order valence-electron chi connectivity index (χ1n) is 19.6. The Balaban J connectivity index is 1.55. The average molecular weight is 824 g/mol. The van der Waals surface area contributed by atoms with Gasteiger partial charge in [-0.15, -0.1) is 0 Å². The Morgan fingerprint density at radius 2 is 0.638 bits per heavy atom. The van der Waals surface area contributed by atoms with Gasteiger partial charge in [-0.05, 0) is 53.1 Å². The highest BCUT2D eigenvalue weighted by atomic mass is 19.4. The minimum Gasteiger partial charge on any atom is -0.487 e.